The molecule has 0 fully saturated rings. The van der Waals surface area contributed by atoms with E-state index in [1.54, 1.807) is 6.07 Å². The first-order valence-corrected chi connectivity index (χ1v) is 2.89. The van der Waals surface area contributed by atoms with Gasteiger partial charge in [-0.25, -0.2) is 0 Å². The van der Waals surface area contributed by atoms with E-state index in [1.807, 2.05) is 0 Å². The number of fused-ring (bicyclic) bond motifs is 1. The third kappa shape index (κ3) is 0.689. The van der Waals surface area contributed by atoms with E-state index in [0.717, 1.165) is 5.69 Å². The van der Waals surface area contributed by atoms with Crippen LogP contribution in [0.5, 0.6) is 5.88 Å². The highest BCUT2D eigenvalue weighted by molar-refractivity contribution is 5.54. The van der Waals surface area contributed by atoms with Gasteiger partial charge in [-0.2, -0.15) is 9.37 Å². The van der Waals surface area contributed by atoms with Crippen molar-refractivity contribution >= 4 is 5.69 Å². The first-order chi connectivity index (χ1) is 4.86. The summed E-state index contributed by atoms with van der Waals surface area (Å²) in [7, 11) is 0. The Morgan fingerprint density at radius 2 is 2.50 bits per heavy atom. The molecule has 1 aliphatic heterocycles. The van der Waals surface area contributed by atoms with Crippen LogP contribution in [0.1, 0.15) is 0 Å². The molecule has 1 aromatic heterocycles. The van der Waals surface area contributed by atoms with Gasteiger partial charge >= 0.3 is 0 Å². The summed E-state index contributed by atoms with van der Waals surface area (Å²) in [4.78, 5) is 3.50. The third-order valence-corrected chi connectivity index (χ3v) is 1.30. The predicted molar refractivity (Wildman–Crippen MR) is 33.3 cm³/mol. The van der Waals surface area contributed by atoms with Crippen LogP contribution in [0.4, 0.5) is 10.1 Å². The average Bonchev–Trinajstić information content (AvgIpc) is 2.33. The number of hydrogen-bond acceptors (Lipinski definition) is 3. The van der Waals surface area contributed by atoms with Crippen molar-refractivity contribution in [1.82, 2.24) is 4.98 Å². The molecule has 52 valence electrons. The highest BCUT2D eigenvalue weighted by Gasteiger charge is 2.11. The van der Waals surface area contributed by atoms with Gasteiger partial charge in [-0.3, -0.25) is 0 Å². The van der Waals surface area contributed by atoms with Gasteiger partial charge in [0.05, 0.1) is 0 Å². The van der Waals surface area contributed by atoms with Crippen LogP contribution in [0.15, 0.2) is 12.1 Å². The van der Waals surface area contributed by atoms with E-state index in [4.69, 9.17) is 4.74 Å². The first-order valence-electron chi connectivity index (χ1n) is 2.89. The molecule has 0 atom stereocenters. The summed E-state index contributed by atoms with van der Waals surface area (Å²) in [5.41, 5.74) is 0.751. The Kier molecular flexibility index (Phi) is 1.00. The molecule has 3 nitrogen and oxygen atoms in total. The van der Waals surface area contributed by atoms with E-state index in [9.17, 15) is 4.39 Å². The van der Waals surface area contributed by atoms with Crippen molar-refractivity contribution in [1.29, 1.82) is 0 Å². The third-order valence-electron chi connectivity index (χ3n) is 1.30. The van der Waals surface area contributed by atoms with Crippen molar-refractivity contribution in [2.75, 3.05) is 12.0 Å². The fourth-order valence-corrected chi connectivity index (χ4v) is 0.845. The van der Waals surface area contributed by atoms with Crippen LogP contribution >= 0.6 is 0 Å². The molecule has 0 aromatic carbocycles. The summed E-state index contributed by atoms with van der Waals surface area (Å²) < 4.78 is 17.3. The van der Waals surface area contributed by atoms with Crippen LogP contribution in [0.25, 0.3) is 0 Å². The molecule has 0 saturated carbocycles. The molecule has 1 aliphatic rings. The van der Waals surface area contributed by atoms with Crippen LogP contribution in [0.3, 0.4) is 0 Å². The number of aromatic nitrogens is 1. The number of nitrogens with one attached hydrogen (secondary N) is 1. The second-order valence-electron chi connectivity index (χ2n) is 1.95. The van der Waals surface area contributed by atoms with Crippen molar-refractivity contribution < 1.29 is 9.13 Å². The van der Waals surface area contributed by atoms with Gasteiger partial charge in [0.25, 0.3) is 0 Å². The second-order valence-corrected chi connectivity index (χ2v) is 1.95. The Labute approximate surface area is 56.8 Å². The number of nitrogens with zero attached hydrogens (tertiary/aromatic N) is 1. The van der Waals surface area contributed by atoms with Gasteiger partial charge in [0.2, 0.25) is 11.8 Å². The Balaban J connectivity index is 2.52. The zero-order valence-corrected chi connectivity index (χ0v) is 5.10. The number of rotatable bonds is 0. The molecular formula is C6H5FN2O. The number of ether oxygens (including phenoxy) is 1. The molecule has 0 radical (unpaired) electrons. The lowest BCUT2D eigenvalue weighted by Crippen LogP contribution is -1.96. The van der Waals surface area contributed by atoms with Crippen molar-refractivity contribution in [3.63, 3.8) is 0 Å². The van der Waals surface area contributed by atoms with E-state index in [1.165, 1.54) is 6.07 Å². The number of pyridine rings is 1. The summed E-state index contributed by atoms with van der Waals surface area (Å²) in [5, 5.41) is 2.88. The van der Waals surface area contributed by atoms with Gasteiger partial charge in [-0.1, -0.05) is 0 Å². The fraction of sp³-hybridized carbons (Fsp3) is 0.167. The summed E-state index contributed by atoms with van der Waals surface area (Å²) >= 11 is 0. The number of halogens is 1. The molecule has 4 heteroatoms. The van der Waals surface area contributed by atoms with Gasteiger partial charge in [-0.15, -0.1) is 0 Å². The number of anilines is 1. The lowest BCUT2D eigenvalue weighted by molar-refractivity contribution is 0.353. The van der Waals surface area contributed by atoms with E-state index in [2.05, 4.69) is 10.3 Å². The topological polar surface area (TPSA) is 34.1 Å². The van der Waals surface area contributed by atoms with Gasteiger partial charge in [-0.05, 0) is 12.1 Å². The minimum atomic E-state index is -0.512. The Morgan fingerprint density at radius 1 is 1.60 bits per heavy atom. The van der Waals surface area contributed by atoms with Crippen LogP contribution in [-0.4, -0.2) is 11.7 Å². The highest BCUT2D eigenvalue weighted by atomic mass is 19.1. The van der Waals surface area contributed by atoms with Crippen molar-refractivity contribution in [3.8, 4) is 5.88 Å². The maximum Gasteiger partial charge on any atom is 0.241 e. The number of hydrogen-bond donors (Lipinski definition) is 1. The largest absolute Gasteiger partial charge is 0.455 e. The van der Waals surface area contributed by atoms with Gasteiger partial charge in [0.1, 0.15) is 5.69 Å². The first kappa shape index (κ1) is 5.46. The van der Waals surface area contributed by atoms with Crippen LogP contribution in [-0.2, 0) is 0 Å². The Morgan fingerprint density at radius 3 is 3.40 bits per heavy atom. The molecule has 0 amide bonds. The summed E-state index contributed by atoms with van der Waals surface area (Å²) in [5.74, 6) is -0.164. The molecule has 0 spiro atoms. The highest BCUT2D eigenvalue weighted by Crippen LogP contribution is 2.25. The summed E-state index contributed by atoms with van der Waals surface area (Å²) in [6.45, 7) is 0.381. The van der Waals surface area contributed by atoms with E-state index in [-0.39, 0.29) is 0 Å². The van der Waals surface area contributed by atoms with Gasteiger partial charge in [0.15, 0.2) is 6.73 Å². The van der Waals surface area contributed by atoms with E-state index in [0.29, 0.717) is 12.6 Å². The lowest BCUT2D eigenvalue weighted by Gasteiger charge is -1.92. The monoisotopic (exact) mass is 140 g/mol. The molecule has 0 saturated heterocycles. The fourth-order valence-electron chi connectivity index (χ4n) is 0.845. The normalized spacial score (nSPS) is 13.7. The minimum Gasteiger partial charge on any atom is -0.455 e. The molecule has 0 unspecified atom stereocenters. The Bertz CT molecular complexity index is 264. The van der Waals surface area contributed by atoms with E-state index >= 15 is 0 Å². The van der Waals surface area contributed by atoms with Crippen LogP contribution in [0.2, 0.25) is 0 Å². The van der Waals surface area contributed by atoms with Gasteiger partial charge in [0, 0.05) is 0 Å². The predicted octanol–water partition coefficient (Wildman–Crippen LogP) is 0.982. The molecule has 0 aliphatic carbocycles. The zero-order chi connectivity index (χ0) is 6.97. The quantitative estimate of drug-likeness (QED) is 0.545. The summed E-state index contributed by atoms with van der Waals surface area (Å²) in [6, 6.07) is 2.89. The van der Waals surface area contributed by atoms with Crippen molar-refractivity contribution in [2.45, 2.75) is 0 Å². The van der Waals surface area contributed by atoms with Crippen LogP contribution < -0.4 is 10.1 Å². The lowest BCUT2D eigenvalue weighted by atomic mass is 10.4. The molecular weight excluding hydrogens is 135 g/mol. The molecule has 0 bridgehead atoms. The molecule has 10 heavy (non-hydrogen) atoms. The maximum atomic E-state index is 12.3. The van der Waals surface area contributed by atoms with Gasteiger partial charge < -0.3 is 10.1 Å². The standard InChI is InChI=1S/C6H5FN2O/c7-5-2-1-4-6(9-5)10-3-8-4/h1-2,8H,3H2. The SMILES string of the molecule is Fc1ccc2c(n1)OCN2. The van der Waals surface area contributed by atoms with Crippen LogP contribution in [0, 0.1) is 5.95 Å². The Hall–Kier alpha value is -1.32. The van der Waals surface area contributed by atoms with Crippen molar-refractivity contribution in [2.24, 2.45) is 0 Å². The minimum absolute atomic E-state index is 0.347. The zero-order valence-electron chi connectivity index (χ0n) is 5.10. The second kappa shape index (κ2) is 1.83. The maximum absolute atomic E-state index is 12.3. The molecule has 2 heterocycles. The molecule has 1 N–H and O–H groups in total. The smallest absolute Gasteiger partial charge is 0.241 e. The summed E-state index contributed by atoms with van der Waals surface area (Å²) in [6.07, 6.45) is 0. The van der Waals surface area contributed by atoms with Crippen molar-refractivity contribution in [3.05, 3.63) is 18.1 Å². The average molecular weight is 140 g/mol. The van der Waals surface area contributed by atoms with E-state index < -0.39 is 5.95 Å². The molecule has 1 aromatic rings. The molecule has 2 rings (SSSR count).